The molecule has 5 nitrogen and oxygen atoms in total. The lowest BCUT2D eigenvalue weighted by Crippen LogP contribution is -2.31. The third-order valence-corrected chi connectivity index (χ3v) is 3.35. The molecule has 1 aromatic heterocycles. The Kier molecular flexibility index (Phi) is 4.36. The van der Waals surface area contributed by atoms with Gasteiger partial charge in [-0.2, -0.15) is 0 Å². The zero-order chi connectivity index (χ0) is 13.0. The monoisotopic (exact) mass is 251 g/mol. The van der Waals surface area contributed by atoms with Crippen molar-refractivity contribution in [3.63, 3.8) is 0 Å². The number of hydrogen-bond acceptors (Lipinski definition) is 3. The van der Waals surface area contributed by atoms with Crippen LogP contribution < -0.4 is 5.32 Å². The lowest BCUT2D eigenvalue weighted by molar-refractivity contribution is -0.121. The van der Waals surface area contributed by atoms with Crippen LogP contribution in [0.1, 0.15) is 30.1 Å². The van der Waals surface area contributed by atoms with Crippen LogP contribution in [0.4, 0.5) is 0 Å². The maximum atomic E-state index is 11.8. The first-order chi connectivity index (χ1) is 8.72. The van der Waals surface area contributed by atoms with Crippen LogP contribution >= 0.6 is 0 Å². The van der Waals surface area contributed by atoms with E-state index in [-0.39, 0.29) is 5.91 Å². The van der Waals surface area contributed by atoms with Gasteiger partial charge in [-0.3, -0.25) is 4.79 Å². The molecule has 0 atom stereocenters. The van der Waals surface area contributed by atoms with Gasteiger partial charge >= 0.3 is 0 Å². The molecule has 0 aliphatic heterocycles. The van der Waals surface area contributed by atoms with E-state index in [1.165, 1.54) is 24.2 Å². The van der Waals surface area contributed by atoms with Crippen molar-refractivity contribution in [1.82, 2.24) is 14.9 Å². The van der Waals surface area contributed by atoms with E-state index in [0.29, 0.717) is 19.7 Å². The van der Waals surface area contributed by atoms with E-state index in [4.69, 9.17) is 4.74 Å². The third-order valence-electron chi connectivity index (χ3n) is 3.35. The zero-order valence-corrected chi connectivity index (χ0v) is 11.2. The first kappa shape index (κ1) is 13.1. The lowest BCUT2D eigenvalue weighted by atomic mass is 10.0. The molecule has 0 unspecified atom stereocenters. The molecule has 1 aromatic rings. The summed E-state index contributed by atoms with van der Waals surface area (Å²) in [7, 11) is 1.63. The second-order valence-electron chi connectivity index (χ2n) is 4.69. The highest BCUT2D eigenvalue weighted by atomic mass is 16.5. The maximum Gasteiger partial charge on any atom is 0.240 e. The summed E-state index contributed by atoms with van der Waals surface area (Å²) in [4.78, 5) is 16.4. The lowest BCUT2D eigenvalue weighted by Gasteiger charge is -2.14. The van der Waals surface area contributed by atoms with Crippen molar-refractivity contribution in [2.75, 3.05) is 20.3 Å². The van der Waals surface area contributed by atoms with Gasteiger partial charge in [-0.1, -0.05) is 0 Å². The van der Waals surface area contributed by atoms with Gasteiger partial charge in [0.1, 0.15) is 12.4 Å². The highest BCUT2D eigenvalue weighted by Crippen LogP contribution is 2.21. The number of nitrogens with zero attached hydrogens (tertiary/aromatic N) is 2. The molecule has 2 rings (SSSR count). The van der Waals surface area contributed by atoms with E-state index >= 15 is 0 Å². The summed E-state index contributed by atoms with van der Waals surface area (Å²) in [6, 6.07) is 0. The number of rotatable bonds is 5. The number of amides is 1. The van der Waals surface area contributed by atoms with Crippen molar-refractivity contribution in [3.05, 3.63) is 17.2 Å². The summed E-state index contributed by atoms with van der Waals surface area (Å²) in [5.74, 6) is 0.977. The van der Waals surface area contributed by atoms with E-state index in [9.17, 15) is 4.79 Å². The summed E-state index contributed by atoms with van der Waals surface area (Å²) in [5, 5.41) is 2.84. The summed E-state index contributed by atoms with van der Waals surface area (Å²) in [6.45, 7) is 3.46. The van der Waals surface area contributed by atoms with Gasteiger partial charge < -0.3 is 14.6 Å². The number of hydrogen-bond donors (Lipinski definition) is 1. The molecular formula is C13H21N3O2. The predicted octanol–water partition coefficient (Wildman–Crippen LogP) is 0.833. The summed E-state index contributed by atoms with van der Waals surface area (Å²) >= 11 is 0. The smallest absolute Gasteiger partial charge is 0.240 e. The highest BCUT2D eigenvalue weighted by Gasteiger charge is 2.19. The SMILES string of the molecule is COCCNC(=O)Cn1c(C)nc2c1CCCC2. The normalized spacial score (nSPS) is 14.3. The number of imidazole rings is 1. The van der Waals surface area contributed by atoms with Crippen LogP contribution in [0.3, 0.4) is 0 Å². The molecule has 0 radical (unpaired) electrons. The van der Waals surface area contributed by atoms with Crippen LogP contribution in [0.5, 0.6) is 0 Å². The Labute approximate surface area is 108 Å². The minimum Gasteiger partial charge on any atom is -0.383 e. The number of aryl methyl sites for hydroxylation is 2. The Morgan fingerprint density at radius 3 is 3.00 bits per heavy atom. The van der Waals surface area contributed by atoms with E-state index in [1.54, 1.807) is 7.11 Å². The van der Waals surface area contributed by atoms with Crippen molar-refractivity contribution in [2.45, 2.75) is 39.2 Å². The Balaban J connectivity index is 2.00. The van der Waals surface area contributed by atoms with E-state index in [1.807, 2.05) is 6.92 Å². The molecule has 5 heteroatoms. The fraction of sp³-hybridized carbons (Fsp3) is 0.692. The Morgan fingerprint density at radius 1 is 1.44 bits per heavy atom. The summed E-state index contributed by atoms with van der Waals surface area (Å²) in [6.07, 6.45) is 4.50. The number of fused-ring (bicyclic) bond motifs is 1. The number of nitrogens with one attached hydrogen (secondary N) is 1. The molecule has 0 saturated carbocycles. The van der Waals surface area contributed by atoms with Gasteiger partial charge in [0.2, 0.25) is 5.91 Å². The van der Waals surface area contributed by atoms with Crippen LogP contribution in [0.15, 0.2) is 0 Å². The second-order valence-corrected chi connectivity index (χ2v) is 4.69. The van der Waals surface area contributed by atoms with E-state index in [2.05, 4.69) is 14.9 Å². The van der Waals surface area contributed by atoms with Gasteiger partial charge in [-0.05, 0) is 32.6 Å². The minimum absolute atomic E-state index is 0.0286. The topological polar surface area (TPSA) is 56.1 Å². The van der Waals surface area contributed by atoms with Gasteiger partial charge in [0.05, 0.1) is 12.3 Å². The van der Waals surface area contributed by atoms with Crippen LogP contribution in [-0.4, -0.2) is 35.7 Å². The third kappa shape index (κ3) is 2.90. The van der Waals surface area contributed by atoms with Crippen molar-refractivity contribution < 1.29 is 9.53 Å². The molecule has 1 amide bonds. The molecule has 100 valence electrons. The minimum atomic E-state index is 0.0286. The number of carbonyl (C=O) groups excluding carboxylic acids is 1. The molecule has 0 fully saturated rings. The molecule has 18 heavy (non-hydrogen) atoms. The average molecular weight is 251 g/mol. The van der Waals surface area contributed by atoms with Gasteiger partial charge in [0, 0.05) is 19.3 Å². The second kappa shape index (κ2) is 6.00. The molecule has 0 aromatic carbocycles. The highest BCUT2D eigenvalue weighted by molar-refractivity contribution is 5.75. The maximum absolute atomic E-state index is 11.8. The van der Waals surface area contributed by atoms with Gasteiger partial charge in [0.25, 0.3) is 0 Å². The van der Waals surface area contributed by atoms with E-state index < -0.39 is 0 Å². The Morgan fingerprint density at radius 2 is 2.22 bits per heavy atom. The molecule has 0 bridgehead atoms. The van der Waals surface area contributed by atoms with Crippen molar-refractivity contribution >= 4 is 5.91 Å². The molecule has 1 N–H and O–H groups in total. The van der Waals surface area contributed by atoms with Crippen molar-refractivity contribution in [1.29, 1.82) is 0 Å². The predicted molar refractivity (Wildman–Crippen MR) is 68.5 cm³/mol. The summed E-state index contributed by atoms with van der Waals surface area (Å²) in [5.41, 5.74) is 2.43. The Hall–Kier alpha value is -1.36. The fourth-order valence-corrected chi connectivity index (χ4v) is 2.44. The zero-order valence-electron chi connectivity index (χ0n) is 11.2. The largest absolute Gasteiger partial charge is 0.383 e. The van der Waals surface area contributed by atoms with Crippen LogP contribution in [0, 0.1) is 6.92 Å². The number of methoxy groups -OCH3 is 1. The van der Waals surface area contributed by atoms with Gasteiger partial charge in [-0.15, -0.1) is 0 Å². The first-order valence-corrected chi connectivity index (χ1v) is 6.53. The van der Waals surface area contributed by atoms with E-state index in [0.717, 1.165) is 18.7 Å². The van der Waals surface area contributed by atoms with Gasteiger partial charge in [0.15, 0.2) is 0 Å². The fourth-order valence-electron chi connectivity index (χ4n) is 2.44. The number of carbonyl (C=O) groups is 1. The van der Waals surface area contributed by atoms with Crippen LogP contribution in [0.2, 0.25) is 0 Å². The van der Waals surface area contributed by atoms with Crippen molar-refractivity contribution in [3.8, 4) is 0 Å². The molecule has 0 saturated heterocycles. The van der Waals surface area contributed by atoms with Gasteiger partial charge in [-0.25, -0.2) is 4.98 Å². The Bertz CT molecular complexity index is 426. The molecular weight excluding hydrogens is 230 g/mol. The quantitative estimate of drug-likeness (QED) is 0.789. The summed E-state index contributed by atoms with van der Waals surface area (Å²) < 4.78 is 6.96. The number of aromatic nitrogens is 2. The number of ether oxygens (including phenoxy) is 1. The van der Waals surface area contributed by atoms with Crippen molar-refractivity contribution in [2.24, 2.45) is 0 Å². The molecule has 1 heterocycles. The average Bonchev–Trinajstić information content (AvgIpc) is 2.67. The molecule has 1 aliphatic rings. The first-order valence-electron chi connectivity index (χ1n) is 6.53. The van der Waals surface area contributed by atoms with Crippen LogP contribution in [0.25, 0.3) is 0 Å². The standard InChI is InChI=1S/C13H21N3O2/c1-10-15-11-5-3-4-6-12(11)16(10)9-13(17)14-7-8-18-2/h3-9H2,1-2H3,(H,14,17). The van der Waals surface area contributed by atoms with Crippen LogP contribution in [-0.2, 0) is 28.9 Å². The molecule has 1 aliphatic carbocycles. The molecule has 0 spiro atoms.